The van der Waals surface area contributed by atoms with Gasteiger partial charge in [0.25, 0.3) is 0 Å². The highest BCUT2D eigenvalue weighted by molar-refractivity contribution is 6.74. The Kier molecular flexibility index (Phi) is 8.12. The predicted octanol–water partition coefficient (Wildman–Crippen LogP) is 3.13. The first-order chi connectivity index (χ1) is 11.0. The molecule has 0 saturated carbocycles. The molecule has 0 rings (SSSR count). The minimum atomic E-state index is -2.13. The van der Waals surface area contributed by atoms with E-state index in [9.17, 15) is 14.7 Å². The first-order valence-corrected chi connectivity index (χ1v) is 11.5. The van der Waals surface area contributed by atoms with Crippen LogP contribution in [0.3, 0.4) is 0 Å². The largest absolute Gasteiger partial charge is 0.479 e. The van der Waals surface area contributed by atoms with Gasteiger partial charge < -0.3 is 24.7 Å². The summed E-state index contributed by atoms with van der Waals surface area (Å²) in [6.45, 7) is 17.4. The number of hydrogen-bond acceptors (Lipinski definition) is 5. The Morgan fingerprint density at radius 2 is 1.60 bits per heavy atom. The number of aliphatic carboxylic acids is 1. The van der Waals surface area contributed by atoms with Crippen molar-refractivity contribution in [1.29, 1.82) is 0 Å². The molecule has 1 amide bonds. The molecule has 3 atom stereocenters. The van der Waals surface area contributed by atoms with Crippen molar-refractivity contribution in [3.8, 4) is 0 Å². The summed E-state index contributed by atoms with van der Waals surface area (Å²) in [5.41, 5.74) is -0.677. The van der Waals surface area contributed by atoms with Crippen LogP contribution in [0.15, 0.2) is 0 Å². The quantitative estimate of drug-likeness (QED) is 0.589. The van der Waals surface area contributed by atoms with Crippen molar-refractivity contribution < 1.29 is 29.0 Å². The fourth-order valence-electron chi connectivity index (χ4n) is 1.89. The zero-order chi connectivity index (χ0) is 20.2. The van der Waals surface area contributed by atoms with Gasteiger partial charge in [-0.05, 0) is 45.8 Å². The zero-order valence-corrected chi connectivity index (χ0v) is 18.0. The van der Waals surface area contributed by atoms with Gasteiger partial charge in [0, 0.05) is 6.42 Å². The Morgan fingerprint density at radius 3 is 1.96 bits per heavy atom. The fourth-order valence-corrected chi connectivity index (χ4v) is 3.34. The van der Waals surface area contributed by atoms with Crippen LogP contribution >= 0.6 is 0 Å². The van der Waals surface area contributed by atoms with Crippen LogP contribution < -0.4 is 5.32 Å². The molecule has 0 fully saturated rings. The monoisotopic (exact) mass is 377 g/mol. The van der Waals surface area contributed by atoms with E-state index in [1.807, 2.05) is 0 Å². The van der Waals surface area contributed by atoms with Gasteiger partial charge in [0.2, 0.25) is 0 Å². The molecule has 8 heteroatoms. The molecule has 0 radical (unpaired) electrons. The maximum absolute atomic E-state index is 12.1. The van der Waals surface area contributed by atoms with Crippen molar-refractivity contribution in [2.75, 3.05) is 0 Å². The van der Waals surface area contributed by atoms with Crippen LogP contribution in [0.4, 0.5) is 4.79 Å². The van der Waals surface area contributed by atoms with Gasteiger partial charge in [0.1, 0.15) is 5.60 Å². The molecular formula is C17H35NO6Si. The molecule has 0 aliphatic carbocycles. The van der Waals surface area contributed by atoms with Crippen LogP contribution in [0.5, 0.6) is 0 Å². The molecule has 0 aromatic carbocycles. The van der Waals surface area contributed by atoms with Crippen LogP contribution in [-0.4, -0.2) is 54.4 Å². The fraction of sp³-hybridized carbons (Fsp3) is 0.882. The summed E-state index contributed by atoms with van der Waals surface area (Å²) < 4.78 is 11.5. The van der Waals surface area contributed by atoms with Crippen molar-refractivity contribution >= 4 is 20.4 Å². The smallest absolute Gasteiger partial charge is 0.407 e. The standard InChI is InChI=1S/C17H35NO6Si/c1-11(24-25(8,9)17(5,6)7)12(10-13(19)14(20)21)18-15(22)23-16(2,3)4/h11-13,19H,10H2,1-9H3,(H,18,22)(H,20,21). The summed E-state index contributed by atoms with van der Waals surface area (Å²) in [4.78, 5) is 23.1. The first-order valence-electron chi connectivity index (χ1n) is 8.54. The van der Waals surface area contributed by atoms with Crippen molar-refractivity contribution in [2.24, 2.45) is 0 Å². The molecule has 0 heterocycles. The number of aliphatic hydroxyl groups is 1. The number of aliphatic hydroxyl groups excluding tert-OH is 1. The molecule has 0 aromatic heterocycles. The average molecular weight is 378 g/mol. The molecule has 0 spiro atoms. The molecule has 148 valence electrons. The second-order valence-corrected chi connectivity index (χ2v) is 13.7. The van der Waals surface area contributed by atoms with Crippen LogP contribution in [-0.2, 0) is 14.0 Å². The van der Waals surface area contributed by atoms with Crippen LogP contribution in [0, 0.1) is 0 Å². The molecule has 7 nitrogen and oxygen atoms in total. The highest BCUT2D eigenvalue weighted by Gasteiger charge is 2.40. The zero-order valence-electron chi connectivity index (χ0n) is 17.0. The van der Waals surface area contributed by atoms with Gasteiger partial charge in [-0.3, -0.25) is 0 Å². The Bertz CT molecular complexity index is 467. The summed E-state index contributed by atoms with van der Waals surface area (Å²) in [6.07, 6.45) is -2.89. The number of carbonyl (C=O) groups excluding carboxylic acids is 1. The summed E-state index contributed by atoms with van der Waals surface area (Å²) in [5, 5.41) is 21.3. The summed E-state index contributed by atoms with van der Waals surface area (Å²) in [7, 11) is -2.13. The van der Waals surface area contributed by atoms with Gasteiger partial charge in [-0.15, -0.1) is 0 Å². The summed E-state index contributed by atoms with van der Waals surface area (Å²) in [6, 6.07) is -0.685. The minimum absolute atomic E-state index is 0.0385. The SMILES string of the molecule is CC(O[Si](C)(C)C(C)(C)C)C(CC(O)C(=O)O)NC(=O)OC(C)(C)C. The van der Waals surface area contributed by atoms with Crippen molar-refractivity contribution in [3.63, 3.8) is 0 Å². The van der Waals surface area contributed by atoms with E-state index >= 15 is 0 Å². The lowest BCUT2D eigenvalue weighted by atomic mass is 10.1. The maximum atomic E-state index is 12.1. The molecule has 0 saturated heterocycles. The lowest BCUT2D eigenvalue weighted by Crippen LogP contribution is -2.52. The van der Waals surface area contributed by atoms with Crippen LogP contribution in [0.2, 0.25) is 18.1 Å². The van der Waals surface area contributed by atoms with Crippen molar-refractivity contribution in [2.45, 2.75) is 96.9 Å². The first kappa shape index (κ1) is 23.9. The number of amides is 1. The minimum Gasteiger partial charge on any atom is -0.479 e. The molecule has 0 bridgehead atoms. The summed E-state index contributed by atoms with van der Waals surface area (Å²) in [5.74, 6) is -1.34. The molecule has 3 N–H and O–H groups in total. The average Bonchev–Trinajstić information content (AvgIpc) is 2.33. The number of ether oxygens (including phenoxy) is 1. The Morgan fingerprint density at radius 1 is 1.12 bits per heavy atom. The lowest BCUT2D eigenvalue weighted by Gasteiger charge is -2.40. The molecule has 0 aliphatic rings. The van der Waals surface area contributed by atoms with Gasteiger partial charge in [0.05, 0.1) is 12.1 Å². The highest BCUT2D eigenvalue weighted by Crippen LogP contribution is 2.37. The molecule has 0 aromatic rings. The number of carboxylic acid groups (broad SMARTS) is 1. The van der Waals surface area contributed by atoms with Crippen molar-refractivity contribution in [3.05, 3.63) is 0 Å². The van der Waals surface area contributed by atoms with E-state index in [4.69, 9.17) is 14.3 Å². The predicted molar refractivity (Wildman–Crippen MR) is 99.2 cm³/mol. The summed E-state index contributed by atoms with van der Waals surface area (Å²) >= 11 is 0. The van der Waals surface area contributed by atoms with Gasteiger partial charge >= 0.3 is 12.1 Å². The van der Waals surface area contributed by atoms with E-state index in [2.05, 4.69) is 39.2 Å². The number of carbonyl (C=O) groups is 2. The van der Waals surface area contributed by atoms with Gasteiger partial charge in [-0.2, -0.15) is 0 Å². The van der Waals surface area contributed by atoms with Crippen LogP contribution in [0.25, 0.3) is 0 Å². The van der Waals surface area contributed by atoms with Crippen molar-refractivity contribution in [1.82, 2.24) is 5.32 Å². The Balaban J connectivity index is 5.24. The van der Waals surface area contributed by atoms with Gasteiger partial charge in [-0.1, -0.05) is 20.8 Å². The van der Waals surface area contributed by atoms with E-state index in [0.717, 1.165) is 0 Å². The highest BCUT2D eigenvalue weighted by atomic mass is 28.4. The number of nitrogens with one attached hydrogen (secondary N) is 1. The lowest BCUT2D eigenvalue weighted by molar-refractivity contribution is -0.147. The maximum Gasteiger partial charge on any atom is 0.407 e. The third kappa shape index (κ3) is 8.69. The third-order valence-corrected chi connectivity index (χ3v) is 8.89. The number of carboxylic acids is 1. The Hall–Kier alpha value is -1.12. The Labute approximate surface area is 152 Å². The number of alkyl carbamates (subject to hydrolysis) is 1. The molecule has 25 heavy (non-hydrogen) atoms. The van der Waals surface area contributed by atoms with E-state index in [1.165, 1.54) is 0 Å². The molecule has 3 unspecified atom stereocenters. The van der Waals surface area contributed by atoms with Gasteiger partial charge in [-0.25, -0.2) is 9.59 Å². The van der Waals surface area contributed by atoms with Gasteiger partial charge in [0.15, 0.2) is 14.4 Å². The van der Waals surface area contributed by atoms with E-state index in [-0.39, 0.29) is 11.5 Å². The molecule has 0 aliphatic heterocycles. The molecular weight excluding hydrogens is 342 g/mol. The second-order valence-electron chi connectivity index (χ2n) is 8.93. The van der Waals surface area contributed by atoms with E-state index < -0.39 is 44.2 Å². The second kappa shape index (κ2) is 8.51. The van der Waals surface area contributed by atoms with E-state index in [0.29, 0.717) is 0 Å². The topological polar surface area (TPSA) is 105 Å². The normalized spacial score (nSPS) is 16.7. The van der Waals surface area contributed by atoms with E-state index in [1.54, 1.807) is 27.7 Å². The number of rotatable bonds is 7. The number of hydrogen-bond donors (Lipinski definition) is 3. The third-order valence-electron chi connectivity index (χ3n) is 4.32. The van der Waals surface area contributed by atoms with Crippen LogP contribution in [0.1, 0.15) is 54.9 Å².